The van der Waals surface area contributed by atoms with Crippen molar-refractivity contribution in [2.24, 2.45) is 0 Å². The molecule has 2 unspecified atom stereocenters. The Morgan fingerprint density at radius 2 is 2.30 bits per heavy atom. The topological polar surface area (TPSA) is 23.5 Å². The van der Waals surface area contributed by atoms with Crippen LogP contribution in [-0.4, -0.2) is 41.9 Å². The Bertz CT molecular complexity index is 127. The third kappa shape index (κ3) is 1.47. The van der Waals surface area contributed by atoms with Gasteiger partial charge in [0.1, 0.15) is 6.17 Å². The van der Waals surface area contributed by atoms with E-state index in [2.05, 4.69) is 0 Å². The maximum Gasteiger partial charge on any atom is 0.141 e. The Morgan fingerprint density at radius 1 is 1.70 bits per heavy atom. The van der Waals surface area contributed by atoms with Gasteiger partial charge in [-0.05, 0) is 20.4 Å². The predicted molar refractivity (Wildman–Crippen MR) is 37.6 cm³/mol. The lowest BCUT2D eigenvalue weighted by atomic mass is 9.92. The maximum absolute atomic E-state index is 12.9. The molecule has 0 saturated carbocycles. The molecule has 2 atom stereocenters. The van der Waals surface area contributed by atoms with Crippen LogP contribution < -0.4 is 0 Å². The minimum absolute atomic E-state index is 0.354. The van der Waals surface area contributed by atoms with E-state index in [9.17, 15) is 9.50 Å². The van der Waals surface area contributed by atoms with Crippen LogP contribution in [0.5, 0.6) is 0 Å². The quantitative estimate of drug-likeness (QED) is 0.536. The Hall–Kier alpha value is -0.150. The molecule has 0 radical (unpaired) electrons. The van der Waals surface area contributed by atoms with Crippen molar-refractivity contribution in [2.45, 2.75) is 25.1 Å². The minimum atomic E-state index is -1.09. The number of halogens is 1. The lowest BCUT2D eigenvalue weighted by molar-refractivity contribution is -0.0660. The van der Waals surface area contributed by atoms with Crippen LogP contribution in [0.3, 0.4) is 0 Å². The molecular weight excluding hydrogens is 133 g/mol. The monoisotopic (exact) mass is 147 g/mol. The van der Waals surface area contributed by atoms with Gasteiger partial charge in [-0.2, -0.15) is 0 Å². The molecule has 0 spiro atoms. The summed E-state index contributed by atoms with van der Waals surface area (Å²) in [5.74, 6) is 0. The fourth-order valence-corrected chi connectivity index (χ4v) is 1.14. The summed E-state index contributed by atoms with van der Waals surface area (Å²) in [6.45, 7) is 2.70. The second-order valence-corrected chi connectivity index (χ2v) is 3.34. The second kappa shape index (κ2) is 2.47. The Labute approximate surface area is 60.6 Å². The van der Waals surface area contributed by atoms with E-state index in [-0.39, 0.29) is 0 Å². The van der Waals surface area contributed by atoms with E-state index >= 15 is 0 Å². The molecule has 1 N–H and O–H groups in total. The van der Waals surface area contributed by atoms with Crippen LogP contribution in [0.4, 0.5) is 4.39 Å². The van der Waals surface area contributed by atoms with Crippen molar-refractivity contribution < 1.29 is 9.50 Å². The number of nitrogens with zero attached hydrogens (tertiary/aromatic N) is 1. The van der Waals surface area contributed by atoms with E-state index in [4.69, 9.17) is 0 Å². The molecule has 0 aliphatic carbocycles. The van der Waals surface area contributed by atoms with Gasteiger partial charge >= 0.3 is 0 Å². The van der Waals surface area contributed by atoms with Gasteiger partial charge in [0.25, 0.3) is 0 Å². The van der Waals surface area contributed by atoms with E-state index in [1.54, 1.807) is 6.92 Å². The van der Waals surface area contributed by atoms with Crippen molar-refractivity contribution in [1.82, 2.24) is 4.90 Å². The summed E-state index contributed by atoms with van der Waals surface area (Å²) in [6.07, 6.45) is -0.559. The molecule has 0 aromatic rings. The molecule has 1 aliphatic heterocycles. The maximum atomic E-state index is 12.9. The summed E-state index contributed by atoms with van der Waals surface area (Å²) < 4.78 is 12.9. The smallest absolute Gasteiger partial charge is 0.141 e. The van der Waals surface area contributed by atoms with Gasteiger partial charge in [0.2, 0.25) is 0 Å². The fraction of sp³-hybridized carbons (Fsp3) is 1.00. The van der Waals surface area contributed by atoms with Crippen molar-refractivity contribution in [3.8, 4) is 0 Å². The van der Waals surface area contributed by atoms with Crippen LogP contribution in [0, 0.1) is 0 Å². The van der Waals surface area contributed by atoms with Gasteiger partial charge in [-0.15, -0.1) is 0 Å². The highest BCUT2D eigenvalue weighted by Crippen LogP contribution is 2.23. The van der Waals surface area contributed by atoms with Crippen LogP contribution in [0.1, 0.15) is 13.3 Å². The molecule has 1 aliphatic rings. The van der Waals surface area contributed by atoms with Gasteiger partial charge in [-0.25, -0.2) is 4.39 Å². The van der Waals surface area contributed by atoms with Crippen LogP contribution in [0.15, 0.2) is 0 Å². The van der Waals surface area contributed by atoms with Crippen molar-refractivity contribution >= 4 is 0 Å². The Morgan fingerprint density at radius 3 is 2.70 bits per heavy atom. The van der Waals surface area contributed by atoms with Crippen LogP contribution in [-0.2, 0) is 0 Å². The molecule has 2 nitrogen and oxygen atoms in total. The van der Waals surface area contributed by atoms with Gasteiger partial charge in [-0.1, -0.05) is 0 Å². The predicted octanol–water partition coefficient (Wildman–Crippen LogP) is 0.411. The van der Waals surface area contributed by atoms with Crippen LogP contribution >= 0.6 is 0 Å². The summed E-state index contributed by atoms with van der Waals surface area (Å²) in [7, 11) is 1.86. The highest BCUT2D eigenvalue weighted by atomic mass is 19.1. The number of rotatable bonds is 0. The van der Waals surface area contributed by atoms with Crippen LogP contribution in [0.2, 0.25) is 0 Å². The molecular formula is C7H14FNO. The SMILES string of the molecule is CN1CCC(C)(O)C(F)C1. The number of hydrogen-bond acceptors (Lipinski definition) is 2. The molecule has 3 heteroatoms. The molecule has 1 saturated heterocycles. The first-order chi connectivity index (χ1) is 4.52. The van der Waals surface area contributed by atoms with Gasteiger partial charge in [0, 0.05) is 13.1 Å². The van der Waals surface area contributed by atoms with Crippen molar-refractivity contribution in [3.63, 3.8) is 0 Å². The molecule has 60 valence electrons. The van der Waals surface area contributed by atoms with Gasteiger partial charge < -0.3 is 10.0 Å². The van der Waals surface area contributed by atoms with E-state index in [0.29, 0.717) is 13.0 Å². The molecule has 1 rings (SSSR count). The first-order valence-electron chi connectivity index (χ1n) is 3.57. The summed E-state index contributed by atoms with van der Waals surface area (Å²) in [5.41, 5.74) is -1.09. The number of hydrogen-bond donors (Lipinski definition) is 1. The minimum Gasteiger partial charge on any atom is -0.387 e. The largest absolute Gasteiger partial charge is 0.387 e. The molecule has 1 heterocycles. The first kappa shape index (κ1) is 7.95. The Kier molecular flexibility index (Phi) is 1.97. The zero-order chi connectivity index (χ0) is 7.78. The zero-order valence-corrected chi connectivity index (χ0v) is 6.47. The van der Waals surface area contributed by atoms with Gasteiger partial charge in [0.15, 0.2) is 0 Å². The summed E-state index contributed by atoms with van der Waals surface area (Å²) in [5, 5.41) is 9.36. The average Bonchev–Trinajstić information content (AvgIpc) is 1.81. The second-order valence-electron chi connectivity index (χ2n) is 3.34. The molecule has 10 heavy (non-hydrogen) atoms. The van der Waals surface area contributed by atoms with Crippen molar-refractivity contribution in [1.29, 1.82) is 0 Å². The highest BCUT2D eigenvalue weighted by Gasteiger charge is 2.36. The van der Waals surface area contributed by atoms with Crippen molar-refractivity contribution in [3.05, 3.63) is 0 Å². The van der Waals surface area contributed by atoms with Gasteiger partial charge in [-0.3, -0.25) is 0 Å². The van der Waals surface area contributed by atoms with E-state index in [1.807, 2.05) is 11.9 Å². The number of likely N-dealkylation sites (tertiary alicyclic amines) is 1. The average molecular weight is 147 g/mol. The first-order valence-corrected chi connectivity index (χ1v) is 3.57. The van der Waals surface area contributed by atoms with Crippen molar-refractivity contribution in [2.75, 3.05) is 20.1 Å². The molecule has 0 aromatic carbocycles. The molecule has 0 aromatic heterocycles. The standard InChI is InChI=1S/C7H14FNO/c1-7(10)3-4-9(2)5-6(7)8/h6,10H,3-5H2,1-2H3. The van der Waals surface area contributed by atoms with E-state index in [1.165, 1.54) is 0 Å². The van der Waals surface area contributed by atoms with Gasteiger partial charge in [0.05, 0.1) is 5.60 Å². The van der Waals surface area contributed by atoms with E-state index in [0.717, 1.165) is 6.54 Å². The highest BCUT2D eigenvalue weighted by molar-refractivity contribution is 4.88. The summed E-state index contributed by atoms with van der Waals surface area (Å²) in [4.78, 5) is 1.89. The zero-order valence-electron chi connectivity index (χ0n) is 6.47. The molecule has 0 bridgehead atoms. The summed E-state index contributed by atoms with van der Waals surface area (Å²) >= 11 is 0. The Balaban J connectivity index is 2.52. The fourth-order valence-electron chi connectivity index (χ4n) is 1.14. The number of aliphatic hydroxyl groups is 1. The molecule has 0 amide bonds. The lowest BCUT2D eigenvalue weighted by Gasteiger charge is -2.36. The lowest BCUT2D eigenvalue weighted by Crippen LogP contribution is -2.50. The normalized spacial score (nSPS) is 43.8. The summed E-state index contributed by atoms with van der Waals surface area (Å²) in [6, 6.07) is 0. The third-order valence-electron chi connectivity index (χ3n) is 2.15. The molecule has 1 fully saturated rings. The van der Waals surface area contributed by atoms with E-state index < -0.39 is 11.8 Å². The number of alkyl halides is 1. The van der Waals surface area contributed by atoms with Crippen LogP contribution in [0.25, 0.3) is 0 Å². The third-order valence-corrected chi connectivity index (χ3v) is 2.15. The number of piperidine rings is 1.